The number of aromatic nitrogens is 3. The maximum Gasteiger partial charge on any atom is 0.227 e. The number of fused-ring (bicyclic) bond motifs is 1. The Labute approximate surface area is 184 Å². The fraction of sp³-hybridized carbons (Fsp3) is 0.304. The molecule has 5 rings (SSSR count). The molecule has 0 radical (unpaired) electrons. The molecular formula is C23H23N5O2S. The topological polar surface area (TPSA) is 84.1 Å². The van der Waals surface area contributed by atoms with Gasteiger partial charge in [0.15, 0.2) is 5.13 Å². The summed E-state index contributed by atoms with van der Waals surface area (Å²) in [5.74, 6) is 1.04. The molecule has 1 amide bonds. The zero-order valence-corrected chi connectivity index (χ0v) is 17.8. The molecule has 1 atom stereocenters. The molecule has 0 unspecified atom stereocenters. The summed E-state index contributed by atoms with van der Waals surface area (Å²) in [5, 5.41) is 8.21. The summed E-state index contributed by atoms with van der Waals surface area (Å²) in [6.45, 7) is 1.75. The highest BCUT2D eigenvalue weighted by Gasteiger charge is 2.24. The number of thiazole rings is 1. The Morgan fingerprint density at radius 2 is 1.97 bits per heavy atom. The number of nitrogens with zero attached hydrogens (tertiary/aromatic N) is 4. The second kappa shape index (κ2) is 8.85. The van der Waals surface area contributed by atoms with Crippen LogP contribution in [0.25, 0.3) is 21.6 Å². The number of rotatable bonds is 6. The van der Waals surface area contributed by atoms with Gasteiger partial charge in [-0.25, -0.2) is 4.98 Å². The van der Waals surface area contributed by atoms with Crippen molar-refractivity contribution in [3.63, 3.8) is 0 Å². The molecule has 3 heterocycles. The number of hydrogen-bond donors (Lipinski definition) is 1. The lowest BCUT2D eigenvalue weighted by atomic mass is 10.1. The summed E-state index contributed by atoms with van der Waals surface area (Å²) in [6.07, 6.45) is 2.77. The third-order valence-electron chi connectivity index (χ3n) is 5.41. The molecule has 2 aromatic heterocycles. The van der Waals surface area contributed by atoms with Crippen LogP contribution < -0.4 is 10.2 Å². The second-order valence-electron chi connectivity index (χ2n) is 7.69. The maximum atomic E-state index is 12.5. The van der Waals surface area contributed by atoms with Crippen molar-refractivity contribution >= 4 is 32.6 Å². The zero-order valence-electron chi connectivity index (χ0n) is 17.0. The summed E-state index contributed by atoms with van der Waals surface area (Å²) >= 11 is 1.71. The maximum absolute atomic E-state index is 12.5. The van der Waals surface area contributed by atoms with E-state index in [0.717, 1.165) is 42.1 Å². The number of nitrogens with one attached hydrogen (secondary N) is 1. The van der Waals surface area contributed by atoms with Crippen LogP contribution in [0.5, 0.6) is 0 Å². The number of para-hydroxylation sites is 1. The van der Waals surface area contributed by atoms with E-state index >= 15 is 0 Å². The number of hydrogen-bond acceptors (Lipinski definition) is 7. The van der Waals surface area contributed by atoms with Gasteiger partial charge in [-0.15, -0.1) is 0 Å². The normalized spacial score (nSPS) is 16.5. The van der Waals surface area contributed by atoms with Crippen molar-refractivity contribution in [3.05, 3.63) is 60.5 Å². The van der Waals surface area contributed by atoms with Gasteiger partial charge < -0.3 is 14.7 Å². The second-order valence-corrected chi connectivity index (χ2v) is 8.70. The molecular weight excluding hydrogens is 410 g/mol. The first-order valence-electron chi connectivity index (χ1n) is 10.5. The predicted molar refractivity (Wildman–Crippen MR) is 121 cm³/mol. The monoisotopic (exact) mass is 433 g/mol. The predicted octanol–water partition coefficient (Wildman–Crippen LogP) is 4.06. The molecule has 0 spiro atoms. The van der Waals surface area contributed by atoms with Gasteiger partial charge in [-0.3, -0.25) is 4.79 Å². The highest BCUT2D eigenvalue weighted by molar-refractivity contribution is 7.22. The molecule has 4 aromatic rings. The van der Waals surface area contributed by atoms with E-state index in [0.29, 0.717) is 24.6 Å². The number of anilines is 1. The minimum Gasteiger partial charge on any atom is -0.352 e. The van der Waals surface area contributed by atoms with Crippen molar-refractivity contribution in [2.45, 2.75) is 31.7 Å². The molecule has 0 aliphatic carbocycles. The van der Waals surface area contributed by atoms with E-state index in [-0.39, 0.29) is 11.9 Å². The van der Waals surface area contributed by atoms with E-state index in [1.807, 2.05) is 48.5 Å². The number of benzene rings is 2. The third kappa shape index (κ3) is 4.59. The molecule has 7 nitrogen and oxygen atoms in total. The van der Waals surface area contributed by atoms with Crippen LogP contribution >= 0.6 is 11.3 Å². The Kier molecular flexibility index (Phi) is 5.62. The van der Waals surface area contributed by atoms with Crippen LogP contribution in [0.15, 0.2) is 59.1 Å². The Morgan fingerprint density at radius 3 is 2.84 bits per heavy atom. The zero-order chi connectivity index (χ0) is 21.0. The highest BCUT2D eigenvalue weighted by atomic mass is 32.1. The average molecular weight is 434 g/mol. The Bertz CT molecular complexity index is 1140. The van der Waals surface area contributed by atoms with Gasteiger partial charge in [0.25, 0.3) is 0 Å². The van der Waals surface area contributed by atoms with E-state index in [2.05, 4.69) is 26.4 Å². The molecule has 1 aliphatic rings. The lowest BCUT2D eigenvalue weighted by molar-refractivity contribution is -0.121. The molecule has 8 heteroatoms. The Morgan fingerprint density at radius 1 is 1.13 bits per heavy atom. The Hall–Kier alpha value is -3.26. The van der Waals surface area contributed by atoms with Gasteiger partial charge in [-0.05, 0) is 25.0 Å². The fourth-order valence-corrected chi connectivity index (χ4v) is 4.85. The van der Waals surface area contributed by atoms with E-state index in [4.69, 9.17) is 9.51 Å². The summed E-state index contributed by atoms with van der Waals surface area (Å²) in [5.41, 5.74) is 1.93. The van der Waals surface area contributed by atoms with E-state index in [1.165, 1.54) is 4.70 Å². The summed E-state index contributed by atoms with van der Waals surface area (Å²) in [4.78, 5) is 24.0. The van der Waals surface area contributed by atoms with Crippen molar-refractivity contribution in [1.29, 1.82) is 0 Å². The standard InChI is InChI=1S/C23H23N5O2S/c29-20(12-13-21-26-22(27-30-21)16-7-2-1-3-8-16)24-17-9-6-14-28(15-17)23-25-18-10-4-5-11-19(18)31-23/h1-5,7-8,10-11,17H,6,9,12-15H2,(H,24,29)/t17-/m0/s1. The van der Waals surface area contributed by atoms with Crippen molar-refractivity contribution in [2.75, 3.05) is 18.0 Å². The molecule has 2 aromatic carbocycles. The Balaban J connectivity index is 1.15. The largest absolute Gasteiger partial charge is 0.352 e. The molecule has 1 aliphatic heterocycles. The molecule has 0 saturated carbocycles. The molecule has 1 saturated heterocycles. The molecule has 1 fully saturated rings. The van der Waals surface area contributed by atoms with E-state index < -0.39 is 0 Å². The number of amides is 1. The molecule has 158 valence electrons. The van der Waals surface area contributed by atoms with Crippen molar-refractivity contribution in [2.24, 2.45) is 0 Å². The van der Waals surface area contributed by atoms with Crippen molar-refractivity contribution in [3.8, 4) is 11.4 Å². The minimum absolute atomic E-state index is 0.00982. The van der Waals surface area contributed by atoms with Crippen LogP contribution in [0.3, 0.4) is 0 Å². The van der Waals surface area contributed by atoms with Crippen molar-refractivity contribution in [1.82, 2.24) is 20.4 Å². The molecule has 0 bridgehead atoms. The SMILES string of the molecule is O=C(CCc1nc(-c2ccccc2)no1)N[C@H]1CCCN(c2nc3ccccc3s2)C1. The van der Waals surface area contributed by atoms with Gasteiger partial charge in [0, 0.05) is 37.5 Å². The summed E-state index contributed by atoms with van der Waals surface area (Å²) in [7, 11) is 0. The lowest BCUT2D eigenvalue weighted by Crippen LogP contribution is -2.47. The van der Waals surface area contributed by atoms with Crippen LogP contribution in [-0.2, 0) is 11.2 Å². The highest BCUT2D eigenvalue weighted by Crippen LogP contribution is 2.30. The first-order valence-corrected chi connectivity index (χ1v) is 11.3. The van der Waals surface area contributed by atoms with Crippen LogP contribution in [0.4, 0.5) is 5.13 Å². The van der Waals surface area contributed by atoms with Crippen LogP contribution in [0.2, 0.25) is 0 Å². The lowest BCUT2D eigenvalue weighted by Gasteiger charge is -2.32. The van der Waals surface area contributed by atoms with Crippen LogP contribution in [0.1, 0.15) is 25.2 Å². The average Bonchev–Trinajstić information content (AvgIpc) is 3.46. The quantitative estimate of drug-likeness (QED) is 0.494. The minimum atomic E-state index is 0.00982. The van der Waals surface area contributed by atoms with Gasteiger partial charge in [-0.2, -0.15) is 4.98 Å². The third-order valence-corrected chi connectivity index (χ3v) is 6.50. The smallest absolute Gasteiger partial charge is 0.227 e. The fourth-order valence-electron chi connectivity index (χ4n) is 3.85. The van der Waals surface area contributed by atoms with Crippen LogP contribution in [0, 0.1) is 0 Å². The summed E-state index contributed by atoms with van der Waals surface area (Å²) in [6, 6.07) is 18.0. The van der Waals surface area contributed by atoms with Gasteiger partial charge in [-0.1, -0.05) is 59.0 Å². The number of aryl methyl sites for hydroxylation is 1. The number of piperidine rings is 1. The molecule has 1 N–H and O–H groups in total. The van der Waals surface area contributed by atoms with Crippen molar-refractivity contribution < 1.29 is 9.32 Å². The van der Waals surface area contributed by atoms with Gasteiger partial charge in [0.1, 0.15) is 0 Å². The number of carbonyl (C=O) groups is 1. The van der Waals surface area contributed by atoms with Crippen LogP contribution in [-0.4, -0.2) is 40.2 Å². The first kappa shape index (κ1) is 19.7. The van der Waals surface area contributed by atoms with E-state index in [1.54, 1.807) is 11.3 Å². The van der Waals surface area contributed by atoms with Gasteiger partial charge >= 0.3 is 0 Å². The van der Waals surface area contributed by atoms with E-state index in [9.17, 15) is 4.79 Å². The summed E-state index contributed by atoms with van der Waals surface area (Å²) < 4.78 is 6.50. The number of carbonyl (C=O) groups excluding carboxylic acids is 1. The van der Waals surface area contributed by atoms with Gasteiger partial charge in [0.05, 0.1) is 10.2 Å². The van der Waals surface area contributed by atoms with Gasteiger partial charge in [0.2, 0.25) is 17.6 Å². The molecule has 31 heavy (non-hydrogen) atoms. The first-order chi connectivity index (χ1) is 15.2.